The van der Waals surface area contributed by atoms with Gasteiger partial charge < -0.3 is 41.5 Å². The zero-order valence-corrected chi connectivity index (χ0v) is 30.4. The van der Waals surface area contributed by atoms with E-state index in [9.17, 15) is 13.6 Å². The summed E-state index contributed by atoms with van der Waals surface area (Å²) in [7, 11) is 0. The van der Waals surface area contributed by atoms with Gasteiger partial charge in [0.15, 0.2) is 22.9 Å². The lowest BCUT2D eigenvalue weighted by Crippen LogP contribution is -2.49. The number of imidazole rings is 2. The molecule has 6 heterocycles. The molecule has 0 atom stereocenters. The number of carbonyl (C=O) groups excluding carboxylic acids is 1. The maximum atomic E-state index is 13.3. The van der Waals surface area contributed by atoms with E-state index in [0.717, 1.165) is 55.1 Å². The predicted molar refractivity (Wildman–Crippen MR) is 212 cm³/mol. The summed E-state index contributed by atoms with van der Waals surface area (Å²) in [5, 5.41) is 3.31. The summed E-state index contributed by atoms with van der Waals surface area (Å²) < 4.78 is 26.4. The molecule has 7 aromatic rings. The zero-order chi connectivity index (χ0) is 38.6. The number of hydrogen-bond donors (Lipinski definition) is 5. The molecule has 2 aliphatic rings. The number of nitrogens with one attached hydrogen (secondary N) is 3. The van der Waals surface area contributed by atoms with Crippen LogP contribution in [0, 0.1) is 11.6 Å². The molecule has 7 N–H and O–H groups in total. The molecule has 4 aromatic heterocycles. The van der Waals surface area contributed by atoms with Gasteiger partial charge in [-0.2, -0.15) is 19.9 Å². The van der Waals surface area contributed by atoms with E-state index in [1.165, 1.54) is 29.8 Å². The van der Waals surface area contributed by atoms with Crippen molar-refractivity contribution in [3.63, 3.8) is 0 Å². The molecule has 0 saturated carbocycles. The van der Waals surface area contributed by atoms with E-state index in [1.54, 1.807) is 24.3 Å². The Bertz CT molecular complexity index is 2440. The van der Waals surface area contributed by atoms with Crippen LogP contribution in [0.4, 0.5) is 32.3 Å². The first kappa shape index (κ1) is 36.2. The molecular formula is C39H40F2N14O. The largest absolute Gasteiger partial charge is 0.368 e. The molecule has 0 unspecified atom stereocenters. The van der Waals surface area contributed by atoms with Gasteiger partial charge in [0.2, 0.25) is 17.8 Å². The number of fused-ring (bicyclic) bond motifs is 2. The Kier molecular flexibility index (Phi) is 10.3. The van der Waals surface area contributed by atoms with Crippen molar-refractivity contribution >= 4 is 51.8 Å². The number of anilines is 4. The van der Waals surface area contributed by atoms with Crippen molar-refractivity contribution in [2.75, 3.05) is 73.6 Å². The van der Waals surface area contributed by atoms with E-state index in [2.05, 4.69) is 55.0 Å². The second-order valence-electron chi connectivity index (χ2n) is 13.5. The van der Waals surface area contributed by atoms with E-state index in [1.807, 2.05) is 35.2 Å². The number of halogens is 2. The van der Waals surface area contributed by atoms with Crippen LogP contribution in [0.5, 0.6) is 0 Å². The van der Waals surface area contributed by atoms with E-state index in [4.69, 9.17) is 11.5 Å². The summed E-state index contributed by atoms with van der Waals surface area (Å²) in [6, 6.07) is 22.3. The Morgan fingerprint density at radius 1 is 0.607 bits per heavy atom. The third-order valence-corrected chi connectivity index (χ3v) is 9.75. The molecule has 3 aromatic carbocycles. The number of piperazine rings is 2. The molecule has 0 aliphatic carbocycles. The average Bonchev–Trinajstić information content (AvgIpc) is 3.86. The zero-order valence-electron chi connectivity index (χ0n) is 30.4. The van der Waals surface area contributed by atoms with Crippen LogP contribution < -0.4 is 26.6 Å². The summed E-state index contributed by atoms with van der Waals surface area (Å²) in [6.45, 7) is 5.96. The number of aryl methyl sites for hydroxylation is 1. The number of nitrogens with zero attached hydrogens (tertiary/aromatic N) is 9. The topological polar surface area (TPSA) is 200 Å². The van der Waals surface area contributed by atoms with Gasteiger partial charge in [-0.05, 0) is 60.5 Å². The van der Waals surface area contributed by atoms with Crippen molar-refractivity contribution in [3.05, 3.63) is 96.1 Å². The smallest absolute Gasteiger partial charge is 0.224 e. The van der Waals surface area contributed by atoms with Crippen molar-refractivity contribution in [1.29, 1.82) is 0 Å². The standard InChI is InChI=1S/C24H24FN7O.C15H16FN7/c25-18-9-7-17(8-10-18)21-27-20-22(28-21)29-24(26)30-23(20)32-14-12-31(13-15-32)19(33)11-6-16-4-2-1-3-5-16;16-10-3-1-9(2-4-10)12-19-11-13(20-12)21-15(17)22-14(11)23-7-5-18-6-8-23/h1-5,7-10H,6,11-15H2,(H3,26,27,28,29,30);1-4,18H,5-8H2,(H3,17,19,20,21,22). The van der Waals surface area contributed by atoms with Gasteiger partial charge in [-0.25, -0.2) is 18.7 Å². The molecule has 0 bridgehead atoms. The number of aromatic nitrogens is 8. The van der Waals surface area contributed by atoms with Gasteiger partial charge in [0.05, 0.1) is 0 Å². The highest BCUT2D eigenvalue weighted by Crippen LogP contribution is 2.29. The monoisotopic (exact) mass is 758 g/mol. The quantitative estimate of drug-likeness (QED) is 0.156. The summed E-state index contributed by atoms with van der Waals surface area (Å²) >= 11 is 0. The van der Waals surface area contributed by atoms with Crippen molar-refractivity contribution < 1.29 is 13.6 Å². The van der Waals surface area contributed by atoms with Crippen molar-refractivity contribution in [2.24, 2.45) is 0 Å². The first-order chi connectivity index (χ1) is 27.3. The van der Waals surface area contributed by atoms with Crippen LogP contribution in [0.15, 0.2) is 78.9 Å². The number of nitrogens with two attached hydrogens (primary N) is 2. The normalized spacial score (nSPS) is 14.6. The van der Waals surface area contributed by atoms with Gasteiger partial charge >= 0.3 is 0 Å². The Hall–Kier alpha value is -6.75. The number of hydrogen-bond acceptors (Lipinski definition) is 12. The van der Waals surface area contributed by atoms with Gasteiger partial charge in [0.1, 0.15) is 34.3 Å². The minimum Gasteiger partial charge on any atom is -0.368 e. The number of carbonyl (C=O) groups is 1. The van der Waals surface area contributed by atoms with Gasteiger partial charge in [-0.1, -0.05) is 30.3 Å². The van der Waals surface area contributed by atoms with Crippen LogP contribution in [0.3, 0.4) is 0 Å². The van der Waals surface area contributed by atoms with E-state index >= 15 is 0 Å². The lowest BCUT2D eigenvalue weighted by Gasteiger charge is -2.35. The Morgan fingerprint density at radius 2 is 1.09 bits per heavy atom. The SMILES string of the molecule is Nc1nc(N2CCN(C(=O)CCc3ccccc3)CC2)c2[nH]c(-c3ccc(F)cc3)nc2n1.Nc1nc(N2CCNCC2)c2[nH]c(-c3ccc(F)cc3)nc2n1. The third-order valence-electron chi connectivity index (χ3n) is 9.75. The lowest BCUT2D eigenvalue weighted by atomic mass is 10.1. The van der Waals surface area contributed by atoms with Crippen LogP contribution in [-0.2, 0) is 11.2 Å². The molecule has 56 heavy (non-hydrogen) atoms. The van der Waals surface area contributed by atoms with Gasteiger partial charge in [0, 0.05) is 69.9 Å². The van der Waals surface area contributed by atoms with Crippen molar-refractivity contribution in [2.45, 2.75) is 12.8 Å². The maximum absolute atomic E-state index is 13.3. The Morgan fingerprint density at radius 3 is 1.59 bits per heavy atom. The number of benzene rings is 3. The highest BCUT2D eigenvalue weighted by atomic mass is 19.1. The molecule has 286 valence electrons. The molecular weight excluding hydrogens is 719 g/mol. The molecule has 1 amide bonds. The molecule has 0 spiro atoms. The van der Waals surface area contributed by atoms with Crippen LogP contribution in [0.25, 0.3) is 45.1 Å². The summed E-state index contributed by atoms with van der Waals surface area (Å²) in [5.41, 5.74) is 16.9. The van der Waals surface area contributed by atoms with Crippen molar-refractivity contribution in [1.82, 2.24) is 50.1 Å². The first-order valence-corrected chi connectivity index (χ1v) is 18.4. The number of amides is 1. The fourth-order valence-corrected chi connectivity index (χ4v) is 6.84. The Balaban J connectivity index is 0.000000168. The van der Waals surface area contributed by atoms with Gasteiger partial charge in [0.25, 0.3) is 0 Å². The predicted octanol–water partition coefficient (Wildman–Crippen LogP) is 4.17. The molecule has 2 saturated heterocycles. The minimum absolute atomic E-state index is 0.135. The number of aromatic amines is 2. The summed E-state index contributed by atoms with van der Waals surface area (Å²) in [5.74, 6) is 2.51. The highest BCUT2D eigenvalue weighted by Gasteiger charge is 2.25. The fourth-order valence-electron chi connectivity index (χ4n) is 6.84. The van der Waals surface area contributed by atoms with Crippen LogP contribution in [0.1, 0.15) is 12.0 Å². The molecule has 2 aliphatic heterocycles. The van der Waals surface area contributed by atoms with Crippen LogP contribution >= 0.6 is 0 Å². The average molecular weight is 759 g/mol. The summed E-state index contributed by atoms with van der Waals surface area (Å²) in [4.78, 5) is 51.6. The number of H-pyrrole nitrogens is 2. The van der Waals surface area contributed by atoms with Crippen LogP contribution in [0.2, 0.25) is 0 Å². The first-order valence-electron chi connectivity index (χ1n) is 18.4. The van der Waals surface area contributed by atoms with Gasteiger partial charge in [-0.3, -0.25) is 4.79 Å². The second-order valence-corrected chi connectivity index (χ2v) is 13.5. The van der Waals surface area contributed by atoms with Crippen molar-refractivity contribution in [3.8, 4) is 22.8 Å². The second kappa shape index (κ2) is 15.9. The van der Waals surface area contributed by atoms with Crippen LogP contribution in [-0.4, -0.2) is 103 Å². The Labute approximate surface area is 320 Å². The molecule has 0 radical (unpaired) electrons. The van der Waals surface area contributed by atoms with E-state index < -0.39 is 0 Å². The number of nitrogen functional groups attached to an aromatic ring is 2. The van der Waals surface area contributed by atoms with Gasteiger partial charge in [-0.15, -0.1) is 0 Å². The lowest BCUT2D eigenvalue weighted by molar-refractivity contribution is -0.131. The number of rotatable bonds is 7. The summed E-state index contributed by atoms with van der Waals surface area (Å²) in [6.07, 6.45) is 1.24. The van der Waals surface area contributed by atoms with E-state index in [0.29, 0.717) is 66.9 Å². The van der Waals surface area contributed by atoms with E-state index in [-0.39, 0.29) is 29.4 Å². The molecule has 2 fully saturated rings. The molecule has 15 nitrogen and oxygen atoms in total. The highest BCUT2D eigenvalue weighted by molar-refractivity contribution is 5.88. The fraction of sp³-hybridized carbons (Fsp3) is 0.256. The molecule has 17 heteroatoms. The minimum atomic E-state index is -0.309. The molecule has 9 rings (SSSR count). The maximum Gasteiger partial charge on any atom is 0.224 e. The third kappa shape index (κ3) is 8.02.